The Bertz CT molecular complexity index is 898. The van der Waals surface area contributed by atoms with Gasteiger partial charge in [-0.25, -0.2) is 13.6 Å². The summed E-state index contributed by atoms with van der Waals surface area (Å²) >= 11 is 0. The molecule has 0 aliphatic carbocycles. The van der Waals surface area contributed by atoms with Gasteiger partial charge in [0.05, 0.1) is 5.56 Å². The van der Waals surface area contributed by atoms with Crippen molar-refractivity contribution in [2.24, 2.45) is 0 Å². The Balaban J connectivity index is 1.70. The van der Waals surface area contributed by atoms with Crippen LogP contribution in [0.15, 0.2) is 39.3 Å². The molecule has 3 rings (SSSR count). The molecule has 0 radical (unpaired) electrons. The fourth-order valence-corrected chi connectivity index (χ4v) is 2.25. The maximum Gasteiger partial charge on any atom is 0.342 e. The molecule has 0 aliphatic rings. The summed E-state index contributed by atoms with van der Waals surface area (Å²) in [6.07, 6.45) is 0. The van der Waals surface area contributed by atoms with E-state index in [1.807, 2.05) is 0 Å². The second-order valence-electron chi connectivity index (χ2n) is 5.21. The van der Waals surface area contributed by atoms with Gasteiger partial charge in [0.1, 0.15) is 41.0 Å². The number of aryl methyl sites for hydroxylation is 2. The molecule has 0 N–H and O–H groups in total. The van der Waals surface area contributed by atoms with Crippen molar-refractivity contribution >= 4 is 5.97 Å². The number of rotatable bonds is 4. The molecular formula is C17H13F2NO4. The lowest BCUT2D eigenvalue weighted by atomic mass is 10.1. The zero-order valence-electron chi connectivity index (χ0n) is 12.9. The van der Waals surface area contributed by atoms with Gasteiger partial charge >= 0.3 is 5.97 Å². The molecule has 124 valence electrons. The first-order valence-corrected chi connectivity index (χ1v) is 7.09. The van der Waals surface area contributed by atoms with E-state index in [9.17, 15) is 13.6 Å². The molecule has 0 atom stereocenters. The Morgan fingerprint density at radius 1 is 1.21 bits per heavy atom. The third-order valence-electron chi connectivity index (χ3n) is 3.37. The van der Waals surface area contributed by atoms with Gasteiger partial charge in [-0.05, 0) is 32.0 Å². The first-order valence-electron chi connectivity index (χ1n) is 7.09. The molecule has 0 saturated heterocycles. The fraction of sp³-hybridized carbons (Fsp3) is 0.176. The topological polar surface area (TPSA) is 65.5 Å². The summed E-state index contributed by atoms with van der Waals surface area (Å²) < 4.78 is 42.0. The summed E-state index contributed by atoms with van der Waals surface area (Å²) in [5.41, 5.74) is 0.712. The summed E-state index contributed by atoms with van der Waals surface area (Å²) in [5.74, 6) is -0.813. The highest BCUT2D eigenvalue weighted by molar-refractivity contribution is 5.90. The number of carbonyl (C=O) groups is 1. The molecule has 0 spiro atoms. The molecule has 2 heterocycles. The van der Waals surface area contributed by atoms with Gasteiger partial charge in [0.2, 0.25) is 0 Å². The largest absolute Gasteiger partial charge is 0.466 e. The van der Waals surface area contributed by atoms with Crippen molar-refractivity contribution < 1.29 is 27.3 Å². The molecule has 0 aliphatic heterocycles. The molecule has 7 heteroatoms. The second kappa shape index (κ2) is 6.27. The lowest BCUT2D eigenvalue weighted by Crippen LogP contribution is -2.05. The Morgan fingerprint density at radius 2 is 2.00 bits per heavy atom. The standard InChI is InChI=1S/C17H13F2NO4/c1-9-5-14(10(2)23-9)17(21)22-8-12-7-16(24-20-12)13-4-3-11(18)6-15(13)19/h3-7H,8H2,1-2H3. The minimum Gasteiger partial charge on any atom is -0.466 e. The minimum absolute atomic E-state index is 0.0720. The van der Waals surface area contributed by atoms with E-state index in [1.54, 1.807) is 19.9 Å². The Morgan fingerprint density at radius 3 is 2.67 bits per heavy atom. The normalized spacial score (nSPS) is 10.8. The van der Waals surface area contributed by atoms with Crippen LogP contribution in [0.5, 0.6) is 0 Å². The summed E-state index contributed by atoms with van der Waals surface area (Å²) in [5, 5.41) is 3.71. The summed E-state index contributed by atoms with van der Waals surface area (Å²) in [6, 6.07) is 6.13. The van der Waals surface area contributed by atoms with Crippen LogP contribution in [0.25, 0.3) is 11.3 Å². The van der Waals surface area contributed by atoms with Crippen LogP contribution in [0.2, 0.25) is 0 Å². The van der Waals surface area contributed by atoms with E-state index in [0.29, 0.717) is 22.8 Å². The van der Waals surface area contributed by atoms with Crippen molar-refractivity contribution in [3.8, 4) is 11.3 Å². The number of aromatic nitrogens is 1. The van der Waals surface area contributed by atoms with Gasteiger partial charge in [-0.2, -0.15) is 0 Å². The van der Waals surface area contributed by atoms with Gasteiger partial charge in [-0.1, -0.05) is 5.16 Å². The van der Waals surface area contributed by atoms with E-state index in [4.69, 9.17) is 13.7 Å². The highest BCUT2D eigenvalue weighted by atomic mass is 19.1. The number of furan rings is 1. The van der Waals surface area contributed by atoms with E-state index in [-0.39, 0.29) is 17.9 Å². The Labute approximate surface area is 135 Å². The van der Waals surface area contributed by atoms with E-state index < -0.39 is 17.6 Å². The zero-order valence-corrected chi connectivity index (χ0v) is 12.9. The van der Waals surface area contributed by atoms with Crippen LogP contribution in [0.4, 0.5) is 8.78 Å². The molecule has 24 heavy (non-hydrogen) atoms. The number of hydrogen-bond donors (Lipinski definition) is 0. The number of halogens is 2. The number of carbonyl (C=O) groups excluding carboxylic acids is 1. The summed E-state index contributed by atoms with van der Waals surface area (Å²) in [7, 11) is 0. The molecule has 0 fully saturated rings. The molecule has 3 aromatic rings. The molecule has 1 aromatic carbocycles. The fourth-order valence-electron chi connectivity index (χ4n) is 2.25. The van der Waals surface area contributed by atoms with E-state index in [1.165, 1.54) is 12.1 Å². The predicted molar refractivity (Wildman–Crippen MR) is 79.2 cm³/mol. The summed E-state index contributed by atoms with van der Waals surface area (Å²) in [6.45, 7) is 3.24. The maximum absolute atomic E-state index is 13.7. The van der Waals surface area contributed by atoms with Crippen molar-refractivity contribution in [2.45, 2.75) is 20.5 Å². The average Bonchev–Trinajstić information content (AvgIpc) is 3.11. The van der Waals surface area contributed by atoms with Crippen LogP contribution < -0.4 is 0 Å². The molecule has 2 aromatic heterocycles. The van der Waals surface area contributed by atoms with Crippen LogP contribution >= 0.6 is 0 Å². The number of esters is 1. The highest BCUT2D eigenvalue weighted by Crippen LogP contribution is 2.24. The number of benzene rings is 1. The number of ether oxygens (including phenoxy) is 1. The lowest BCUT2D eigenvalue weighted by molar-refractivity contribution is 0.0462. The monoisotopic (exact) mass is 333 g/mol. The van der Waals surface area contributed by atoms with Crippen LogP contribution in [0.3, 0.4) is 0 Å². The quantitative estimate of drug-likeness (QED) is 0.670. The molecule has 5 nitrogen and oxygen atoms in total. The van der Waals surface area contributed by atoms with Crippen molar-refractivity contribution in [3.05, 3.63) is 64.7 Å². The minimum atomic E-state index is -0.765. The van der Waals surface area contributed by atoms with Crippen LogP contribution in [0, 0.1) is 25.5 Å². The van der Waals surface area contributed by atoms with Gasteiger partial charge in [-0.15, -0.1) is 0 Å². The van der Waals surface area contributed by atoms with Crippen molar-refractivity contribution in [1.29, 1.82) is 0 Å². The smallest absolute Gasteiger partial charge is 0.342 e. The first kappa shape index (κ1) is 15.9. The Hall–Kier alpha value is -2.96. The molecule has 0 amide bonds. The van der Waals surface area contributed by atoms with Gasteiger partial charge in [0.25, 0.3) is 0 Å². The number of nitrogens with zero attached hydrogens (tertiary/aromatic N) is 1. The van der Waals surface area contributed by atoms with Gasteiger partial charge in [-0.3, -0.25) is 0 Å². The van der Waals surface area contributed by atoms with Gasteiger partial charge in [0.15, 0.2) is 5.76 Å². The van der Waals surface area contributed by atoms with Gasteiger partial charge in [0, 0.05) is 12.1 Å². The average molecular weight is 333 g/mol. The van der Waals surface area contributed by atoms with Crippen molar-refractivity contribution in [3.63, 3.8) is 0 Å². The van der Waals surface area contributed by atoms with Crippen LogP contribution in [0.1, 0.15) is 27.6 Å². The van der Waals surface area contributed by atoms with Crippen LogP contribution in [-0.4, -0.2) is 11.1 Å². The maximum atomic E-state index is 13.7. The third-order valence-corrected chi connectivity index (χ3v) is 3.37. The molecule has 0 unspecified atom stereocenters. The number of hydrogen-bond acceptors (Lipinski definition) is 5. The first-order chi connectivity index (χ1) is 11.4. The molecule has 0 bridgehead atoms. The van der Waals surface area contributed by atoms with Crippen molar-refractivity contribution in [2.75, 3.05) is 0 Å². The van der Waals surface area contributed by atoms with E-state index in [2.05, 4.69) is 5.16 Å². The van der Waals surface area contributed by atoms with E-state index >= 15 is 0 Å². The van der Waals surface area contributed by atoms with Gasteiger partial charge < -0.3 is 13.7 Å². The van der Waals surface area contributed by atoms with Crippen LogP contribution in [-0.2, 0) is 11.3 Å². The summed E-state index contributed by atoms with van der Waals surface area (Å²) in [4.78, 5) is 12.0. The molecule has 0 saturated carbocycles. The predicted octanol–water partition coefficient (Wildman–Crippen LogP) is 4.19. The third kappa shape index (κ3) is 3.19. The van der Waals surface area contributed by atoms with Crippen molar-refractivity contribution in [1.82, 2.24) is 5.16 Å². The molecular weight excluding hydrogens is 320 g/mol. The Kier molecular flexibility index (Phi) is 4.16. The SMILES string of the molecule is Cc1cc(C(=O)OCc2cc(-c3ccc(F)cc3F)on2)c(C)o1. The van der Waals surface area contributed by atoms with E-state index in [0.717, 1.165) is 12.1 Å². The lowest BCUT2D eigenvalue weighted by Gasteiger charge is -2.00. The highest BCUT2D eigenvalue weighted by Gasteiger charge is 2.17. The zero-order chi connectivity index (χ0) is 17.3. The second-order valence-corrected chi connectivity index (χ2v) is 5.21.